The van der Waals surface area contributed by atoms with Crippen molar-refractivity contribution in [1.82, 2.24) is 15.2 Å². The van der Waals surface area contributed by atoms with Gasteiger partial charge in [-0.15, -0.1) is 0 Å². The summed E-state index contributed by atoms with van der Waals surface area (Å²) >= 11 is 0. The first-order valence-electron chi connectivity index (χ1n) is 8.46. The van der Waals surface area contributed by atoms with E-state index in [9.17, 15) is 0 Å². The van der Waals surface area contributed by atoms with Crippen molar-refractivity contribution in [2.24, 2.45) is 0 Å². The van der Waals surface area contributed by atoms with E-state index in [2.05, 4.69) is 57.7 Å². The maximum atomic E-state index is 5.95. The normalized spacial score (nSPS) is 18.9. The van der Waals surface area contributed by atoms with Crippen LogP contribution in [0.5, 0.6) is 0 Å². The third-order valence-corrected chi connectivity index (χ3v) is 4.55. The summed E-state index contributed by atoms with van der Waals surface area (Å²) in [5.74, 6) is 0. The van der Waals surface area contributed by atoms with Crippen molar-refractivity contribution >= 4 is 11.0 Å². The summed E-state index contributed by atoms with van der Waals surface area (Å²) < 4.78 is 10.7. The van der Waals surface area contributed by atoms with Crippen LogP contribution in [0.4, 0.5) is 0 Å². The molecular formula is C19H21N3O2. The highest BCUT2D eigenvalue weighted by atomic mass is 16.6. The van der Waals surface area contributed by atoms with E-state index >= 15 is 0 Å². The van der Waals surface area contributed by atoms with Gasteiger partial charge in [-0.25, -0.2) is 4.63 Å². The summed E-state index contributed by atoms with van der Waals surface area (Å²) in [4.78, 5) is 2.45. The zero-order valence-corrected chi connectivity index (χ0v) is 13.6. The van der Waals surface area contributed by atoms with Crippen LogP contribution in [0.15, 0.2) is 53.2 Å². The number of benzene rings is 2. The van der Waals surface area contributed by atoms with Gasteiger partial charge in [0, 0.05) is 19.6 Å². The topological polar surface area (TPSA) is 51.4 Å². The lowest BCUT2D eigenvalue weighted by Crippen LogP contribution is -2.42. The Kier molecular flexibility index (Phi) is 4.53. The van der Waals surface area contributed by atoms with Crippen molar-refractivity contribution in [3.63, 3.8) is 0 Å². The van der Waals surface area contributed by atoms with Crippen molar-refractivity contribution < 1.29 is 9.37 Å². The number of morpholine rings is 1. The fourth-order valence-corrected chi connectivity index (χ4v) is 3.26. The smallest absolute Gasteiger partial charge is 0.135 e. The second kappa shape index (κ2) is 7.11. The molecule has 4 rings (SSSR count). The monoisotopic (exact) mass is 323 g/mol. The van der Waals surface area contributed by atoms with Crippen LogP contribution >= 0.6 is 0 Å². The molecule has 0 aliphatic carbocycles. The molecule has 1 fully saturated rings. The lowest BCUT2D eigenvalue weighted by atomic mass is 10.1. The standard InChI is InChI=1S/C19H21N3O2/c1-2-4-15(5-3-1)6-8-17-14-22(10-11-23-17)13-16-7-9-18-19(12-16)21-24-20-18/h1-5,7,9,12,17H,6,8,10-11,13-14H2. The second-order valence-corrected chi connectivity index (χ2v) is 6.34. The molecule has 0 saturated carbocycles. The number of hydrogen-bond donors (Lipinski definition) is 0. The Labute approximate surface area is 141 Å². The van der Waals surface area contributed by atoms with Crippen LogP contribution in [-0.2, 0) is 17.7 Å². The summed E-state index contributed by atoms with van der Waals surface area (Å²) in [5.41, 5.74) is 4.24. The van der Waals surface area contributed by atoms with Crippen molar-refractivity contribution in [1.29, 1.82) is 0 Å². The molecule has 1 aromatic heterocycles. The molecule has 0 spiro atoms. The minimum atomic E-state index is 0.302. The minimum absolute atomic E-state index is 0.302. The van der Waals surface area contributed by atoms with Gasteiger partial charge in [-0.1, -0.05) is 36.4 Å². The molecule has 24 heavy (non-hydrogen) atoms. The van der Waals surface area contributed by atoms with Gasteiger partial charge in [0.15, 0.2) is 0 Å². The van der Waals surface area contributed by atoms with Crippen LogP contribution in [0, 0.1) is 0 Å². The van der Waals surface area contributed by atoms with Crippen LogP contribution in [0.2, 0.25) is 0 Å². The Bertz CT molecular complexity index is 787. The average Bonchev–Trinajstić information content (AvgIpc) is 3.09. The molecule has 1 aliphatic heterocycles. The zero-order chi connectivity index (χ0) is 16.2. The van der Waals surface area contributed by atoms with E-state index in [1.54, 1.807) is 0 Å². The molecule has 0 N–H and O–H groups in total. The minimum Gasteiger partial charge on any atom is -0.376 e. The largest absolute Gasteiger partial charge is 0.376 e. The summed E-state index contributed by atoms with van der Waals surface area (Å²) in [6.07, 6.45) is 2.43. The number of rotatable bonds is 5. The van der Waals surface area contributed by atoms with Crippen LogP contribution < -0.4 is 0 Å². The molecule has 1 saturated heterocycles. The quantitative estimate of drug-likeness (QED) is 0.722. The number of nitrogens with zero attached hydrogens (tertiary/aromatic N) is 3. The first-order chi connectivity index (χ1) is 11.9. The number of aromatic nitrogens is 2. The fraction of sp³-hybridized carbons (Fsp3) is 0.368. The zero-order valence-electron chi connectivity index (χ0n) is 13.6. The first kappa shape index (κ1) is 15.3. The van der Waals surface area contributed by atoms with Gasteiger partial charge in [0.25, 0.3) is 0 Å². The fourth-order valence-electron chi connectivity index (χ4n) is 3.26. The number of aryl methyl sites for hydroxylation is 1. The molecule has 0 bridgehead atoms. The van der Waals surface area contributed by atoms with Gasteiger partial charge >= 0.3 is 0 Å². The van der Waals surface area contributed by atoms with E-state index in [0.717, 1.165) is 50.1 Å². The first-order valence-corrected chi connectivity index (χ1v) is 8.46. The van der Waals surface area contributed by atoms with Gasteiger partial charge in [-0.3, -0.25) is 4.90 Å². The molecule has 1 atom stereocenters. The molecule has 3 aromatic rings. The molecule has 5 heteroatoms. The number of ether oxygens (including phenoxy) is 1. The van der Waals surface area contributed by atoms with E-state index in [1.165, 1.54) is 11.1 Å². The Balaban J connectivity index is 1.34. The molecular weight excluding hydrogens is 302 g/mol. The van der Waals surface area contributed by atoms with E-state index in [1.807, 2.05) is 6.07 Å². The van der Waals surface area contributed by atoms with Gasteiger partial charge in [0.05, 0.1) is 12.7 Å². The molecule has 0 amide bonds. The SMILES string of the molecule is c1ccc(CCC2CN(Cc3ccc4nonc4c3)CCO2)cc1. The van der Waals surface area contributed by atoms with E-state index in [-0.39, 0.29) is 0 Å². The van der Waals surface area contributed by atoms with Gasteiger partial charge < -0.3 is 4.74 Å². The Hall–Kier alpha value is -2.24. The summed E-state index contributed by atoms with van der Waals surface area (Å²) in [7, 11) is 0. The number of hydrogen-bond acceptors (Lipinski definition) is 5. The molecule has 5 nitrogen and oxygen atoms in total. The Morgan fingerprint density at radius 1 is 1.00 bits per heavy atom. The molecule has 124 valence electrons. The third kappa shape index (κ3) is 3.63. The Morgan fingerprint density at radius 2 is 1.88 bits per heavy atom. The van der Waals surface area contributed by atoms with Crippen molar-refractivity contribution in [2.75, 3.05) is 19.7 Å². The highest BCUT2D eigenvalue weighted by molar-refractivity contribution is 5.73. The van der Waals surface area contributed by atoms with Crippen molar-refractivity contribution in [3.05, 3.63) is 59.7 Å². The summed E-state index contributed by atoms with van der Waals surface area (Å²) in [5, 5.41) is 7.77. The predicted octanol–water partition coefficient (Wildman–Crippen LogP) is 3.06. The average molecular weight is 323 g/mol. The lowest BCUT2D eigenvalue weighted by Gasteiger charge is -2.33. The number of fused-ring (bicyclic) bond motifs is 1. The van der Waals surface area contributed by atoms with Gasteiger partial charge in [0.2, 0.25) is 0 Å². The molecule has 2 heterocycles. The maximum Gasteiger partial charge on any atom is 0.135 e. The van der Waals surface area contributed by atoms with Crippen LogP contribution in [0.25, 0.3) is 11.0 Å². The van der Waals surface area contributed by atoms with E-state index in [0.29, 0.717) is 6.10 Å². The third-order valence-electron chi connectivity index (χ3n) is 4.55. The summed E-state index contributed by atoms with van der Waals surface area (Å²) in [6.45, 7) is 3.65. The molecule has 1 unspecified atom stereocenters. The Morgan fingerprint density at radius 3 is 2.79 bits per heavy atom. The van der Waals surface area contributed by atoms with Crippen LogP contribution in [0.3, 0.4) is 0 Å². The summed E-state index contributed by atoms with van der Waals surface area (Å²) in [6, 6.07) is 16.7. The van der Waals surface area contributed by atoms with E-state index in [4.69, 9.17) is 9.37 Å². The maximum absolute atomic E-state index is 5.95. The highest BCUT2D eigenvalue weighted by Crippen LogP contribution is 2.17. The highest BCUT2D eigenvalue weighted by Gasteiger charge is 2.20. The molecule has 2 aromatic carbocycles. The van der Waals surface area contributed by atoms with Gasteiger partial charge in [0.1, 0.15) is 11.0 Å². The lowest BCUT2D eigenvalue weighted by molar-refractivity contribution is -0.0345. The van der Waals surface area contributed by atoms with Crippen molar-refractivity contribution in [3.8, 4) is 0 Å². The van der Waals surface area contributed by atoms with Crippen LogP contribution in [0.1, 0.15) is 17.5 Å². The predicted molar refractivity (Wildman–Crippen MR) is 91.6 cm³/mol. The molecule has 0 radical (unpaired) electrons. The second-order valence-electron chi connectivity index (χ2n) is 6.34. The molecule has 1 aliphatic rings. The van der Waals surface area contributed by atoms with Crippen molar-refractivity contribution in [2.45, 2.75) is 25.5 Å². The van der Waals surface area contributed by atoms with Gasteiger partial charge in [-0.2, -0.15) is 0 Å². The van der Waals surface area contributed by atoms with Gasteiger partial charge in [-0.05, 0) is 46.4 Å². The van der Waals surface area contributed by atoms with Crippen LogP contribution in [-0.4, -0.2) is 41.0 Å². The van der Waals surface area contributed by atoms with E-state index < -0.39 is 0 Å².